The first-order valence-corrected chi connectivity index (χ1v) is 7.36. The number of phenolic OH excluding ortho intramolecular Hbond substituents is 1. The molecule has 21 heavy (non-hydrogen) atoms. The van der Waals surface area contributed by atoms with Crippen LogP contribution in [0.2, 0.25) is 0 Å². The number of carbonyl (C=O) groups is 1. The molecule has 114 valence electrons. The molecule has 2 aliphatic rings. The van der Waals surface area contributed by atoms with E-state index in [1.807, 2.05) is 0 Å². The van der Waals surface area contributed by atoms with Crippen molar-refractivity contribution in [1.29, 1.82) is 0 Å². The van der Waals surface area contributed by atoms with Crippen LogP contribution in [0.4, 0.5) is 0 Å². The molecule has 0 bridgehead atoms. The summed E-state index contributed by atoms with van der Waals surface area (Å²) in [7, 11) is 1.71. The van der Waals surface area contributed by atoms with Gasteiger partial charge in [-0.05, 0) is 37.0 Å². The molecule has 0 aromatic heterocycles. The maximum Gasteiger partial charge on any atom is 0.254 e. The number of ether oxygens (including phenoxy) is 2. The summed E-state index contributed by atoms with van der Waals surface area (Å²) in [6, 6.07) is 6.48. The second-order valence-electron chi connectivity index (χ2n) is 5.89. The Morgan fingerprint density at radius 1 is 1.52 bits per heavy atom. The zero-order chi connectivity index (χ0) is 14.9. The minimum absolute atomic E-state index is 0.0440. The van der Waals surface area contributed by atoms with Gasteiger partial charge in [0.1, 0.15) is 11.4 Å². The van der Waals surface area contributed by atoms with Gasteiger partial charge in [0.25, 0.3) is 5.91 Å². The summed E-state index contributed by atoms with van der Waals surface area (Å²) in [4.78, 5) is 14.2. The largest absolute Gasteiger partial charge is 0.508 e. The van der Waals surface area contributed by atoms with E-state index in [-0.39, 0.29) is 17.3 Å². The molecule has 0 aliphatic carbocycles. The molecule has 3 rings (SSSR count). The number of benzene rings is 1. The number of likely N-dealkylation sites (tertiary alicyclic amines) is 1. The molecule has 0 radical (unpaired) electrons. The number of rotatable bonds is 4. The molecule has 2 saturated heterocycles. The van der Waals surface area contributed by atoms with Gasteiger partial charge in [0.15, 0.2) is 0 Å². The fourth-order valence-electron chi connectivity index (χ4n) is 3.37. The lowest BCUT2D eigenvalue weighted by Gasteiger charge is -2.50. The molecule has 1 amide bonds. The number of nitrogens with zero attached hydrogens (tertiary/aromatic N) is 1. The Kier molecular flexibility index (Phi) is 3.87. The lowest BCUT2D eigenvalue weighted by Crippen LogP contribution is -2.66. The van der Waals surface area contributed by atoms with Crippen LogP contribution in [0.15, 0.2) is 24.3 Å². The molecule has 0 saturated carbocycles. The Hall–Kier alpha value is -1.59. The van der Waals surface area contributed by atoms with Gasteiger partial charge in [-0.3, -0.25) is 4.79 Å². The Labute approximate surface area is 124 Å². The van der Waals surface area contributed by atoms with E-state index in [1.54, 1.807) is 30.2 Å². The molecule has 5 nitrogen and oxygen atoms in total. The molecule has 2 heterocycles. The number of hydrogen-bond acceptors (Lipinski definition) is 4. The number of methoxy groups -OCH3 is 1. The van der Waals surface area contributed by atoms with Crippen LogP contribution in [0, 0.1) is 5.92 Å². The van der Waals surface area contributed by atoms with E-state index in [1.165, 1.54) is 6.07 Å². The first kappa shape index (κ1) is 14.4. The van der Waals surface area contributed by atoms with Crippen molar-refractivity contribution in [3.63, 3.8) is 0 Å². The van der Waals surface area contributed by atoms with Gasteiger partial charge < -0.3 is 19.5 Å². The average Bonchev–Trinajstić information content (AvgIpc) is 2.86. The number of carbonyl (C=O) groups excluding carboxylic acids is 1. The summed E-state index contributed by atoms with van der Waals surface area (Å²) in [6.45, 7) is 2.77. The van der Waals surface area contributed by atoms with Crippen LogP contribution in [0.25, 0.3) is 0 Å². The second kappa shape index (κ2) is 5.66. The van der Waals surface area contributed by atoms with Crippen LogP contribution in [0.1, 0.15) is 23.2 Å². The van der Waals surface area contributed by atoms with Gasteiger partial charge in [-0.15, -0.1) is 0 Å². The van der Waals surface area contributed by atoms with Crippen molar-refractivity contribution in [3.8, 4) is 5.75 Å². The predicted molar refractivity (Wildman–Crippen MR) is 77.3 cm³/mol. The van der Waals surface area contributed by atoms with Crippen molar-refractivity contribution >= 4 is 5.91 Å². The molecule has 1 aromatic carbocycles. The zero-order valence-corrected chi connectivity index (χ0v) is 12.2. The van der Waals surface area contributed by atoms with Crippen LogP contribution in [-0.2, 0) is 9.47 Å². The Balaban J connectivity index is 1.63. The maximum absolute atomic E-state index is 12.4. The van der Waals surface area contributed by atoms with E-state index >= 15 is 0 Å². The van der Waals surface area contributed by atoms with Gasteiger partial charge in [-0.2, -0.15) is 0 Å². The standard InChI is InChI=1S/C16H21NO4/c1-20-7-5-13-6-8-21-16(13)10-17(11-16)15(19)12-3-2-4-14(18)9-12/h2-4,9,13,18H,5-8,10-11H2,1H3/t13-/m0/s1. The third-order valence-electron chi connectivity index (χ3n) is 4.57. The second-order valence-corrected chi connectivity index (χ2v) is 5.89. The SMILES string of the molecule is COCC[C@H]1CCOC12CN(C(=O)c1cccc(O)c1)C2. The first-order chi connectivity index (χ1) is 10.1. The molecule has 1 atom stereocenters. The highest BCUT2D eigenvalue weighted by atomic mass is 16.5. The molecule has 2 aliphatic heterocycles. The van der Waals surface area contributed by atoms with Crippen molar-refractivity contribution in [2.75, 3.05) is 33.4 Å². The highest BCUT2D eigenvalue weighted by molar-refractivity contribution is 5.95. The van der Waals surface area contributed by atoms with Crippen LogP contribution in [0.3, 0.4) is 0 Å². The van der Waals surface area contributed by atoms with E-state index in [2.05, 4.69) is 0 Å². The molecular formula is C16H21NO4. The van der Waals surface area contributed by atoms with Crippen molar-refractivity contribution in [2.45, 2.75) is 18.4 Å². The lowest BCUT2D eigenvalue weighted by molar-refractivity contribution is -0.120. The minimum Gasteiger partial charge on any atom is -0.508 e. The fourth-order valence-corrected chi connectivity index (χ4v) is 3.37. The van der Waals surface area contributed by atoms with E-state index in [0.29, 0.717) is 24.6 Å². The molecule has 1 spiro atoms. The Bertz CT molecular complexity index is 525. The van der Waals surface area contributed by atoms with E-state index in [4.69, 9.17) is 9.47 Å². The number of amides is 1. The Morgan fingerprint density at radius 3 is 3.05 bits per heavy atom. The summed E-state index contributed by atoms with van der Waals surface area (Å²) in [6.07, 6.45) is 2.02. The maximum atomic E-state index is 12.4. The van der Waals surface area contributed by atoms with Crippen molar-refractivity contribution < 1.29 is 19.4 Å². The highest BCUT2D eigenvalue weighted by Gasteiger charge is 2.54. The van der Waals surface area contributed by atoms with Crippen molar-refractivity contribution in [2.24, 2.45) is 5.92 Å². The van der Waals surface area contributed by atoms with Gasteiger partial charge in [-0.25, -0.2) is 0 Å². The summed E-state index contributed by atoms with van der Waals surface area (Å²) in [5, 5.41) is 9.47. The lowest BCUT2D eigenvalue weighted by atomic mass is 9.79. The zero-order valence-electron chi connectivity index (χ0n) is 12.2. The highest BCUT2D eigenvalue weighted by Crippen LogP contribution is 2.42. The van der Waals surface area contributed by atoms with Crippen molar-refractivity contribution in [1.82, 2.24) is 4.90 Å². The van der Waals surface area contributed by atoms with Crippen LogP contribution < -0.4 is 0 Å². The van der Waals surface area contributed by atoms with Crippen molar-refractivity contribution in [3.05, 3.63) is 29.8 Å². The van der Waals surface area contributed by atoms with Crippen LogP contribution in [-0.4, -0.2) is 54.9 Å². The molecule has 1 aromatic rings. The van der Waals surface area contributed by atoms with E-state index < -0.39 is 0 Å². The van der Waals surface area contributed by atoms with E-state index in [9.17, 15) is 9.90 Å². The minimum atomic E-state index is -0.176. The number of hydrogen-bond donors (Lipinski definition) is 1. The number of phenols is 1. The van der Waals surface area contributed by atoms with Crippen LogP contribution >= 0.6 is 0 Å². The summed E-state index contributed by atoms with van der Waals surface area (Å²) in [5.74, 6) is 0.536. The summed E-state index contributed by atoms with van der Waals surface area (Å²) >= 11 is 0. The van der Waals surface area contributed by atoms with Gasteiger partial charge in [0.2, 0.25) is 0 Å². The molecule has 5 heteroatoms. The molecule has 0 unspecified atom stereocenters. The average molecular weight is 291 g/mol. The molecule has 1 N–H and O–H groups in total. The van der Waals surface area contributed by atoms with E-state index in [0.717, 1.165) is 26.1 Å². The molecular weight excluding hydrogens is 270 g/mol. The normalized spacial score (nSPS) is 23.3. The third-order valence-corrected chi connectivity index (χ3v) is 4.57. The third kappa shape index (κ3) is 2.63. The van der Waals surface area contributed by atoms with Crippen LogP contribution in [0.5, 0.6) is 5.75 Å². The fraction of sp³-hybridized carbons (Fsp3) is 0.562. The molecule has 2 fully saturated rings. The smallest absolute Gasteiger partial charge is 0.254 e. The first-order valence-electron chi connectivity index (χ1n) is 7.36. The summed E-state index contributed by atoms with van der Waals surface area (Å²) < 4.78 is 11.1. The Morgan fingerprint density at radius 2 is 2.33 bits per heavy atom. The van der Waals surface area contributed by atoms with Gasteiger partial charge in [-0.1, -0.05) is 6.07 Å². The van der Waals surface area contributed by atoms with Gasteiger partial charge in [0.05, 0.1) is 13.1 Å². The van der Waals surface area contributed by atoms with Gasteiger partial charge >= 0.3 is 0 Å². The quantitative estimate of drug-likeness (QED) is 0.916. The van der Waals surface area contributed by atoms with Gasteiger partial charge in [0, 0.05) is 25.9 Å². The monoisotopic (exact) mass is 291 g/mol. The summed E-state index contributed by atoms with van der Waals surface area (Å²) in [5.41, 5.74) is 0.349. The number of aromatic hydroxyl groups is 1. The topological polar surface area (TPSA) is 59.0 Å². The predicted octanol–water partition coefficient (Wildman–Crippen LogP) is 1.66.